The van der Waals surface area contributed by atoms with Gasteiger partial charge in [0, 0.05) is 38.8 Å². The third-order valence-corrected chi connectivity index (χ3v) is 4.62. The van der Waals surface area contributed by atoms with Gasteiger partial charge in [0.05, 0.1) is 6.33 Å². The Kier molecular flexibility index (Phi) is 5.17. The minimum atomic E-state index is -0.0681. The highest BCUT2D eigenvalue weighted by atomic mass is 127. The van der Waals surface area contributed by atoms with E-state index in [0.717, 1.165) is 38.4 Å². The van der Waals surface area contributed by atoms with Crippen molar-refractivity contribution in [3.8, 4) is 0 Å². The Morgan fingerprint density at radius 3 is 2.74 bits per heavy atom. The summed E-state index contributed by atoms with van der Waals surface area (Å²) in [5.74, 6) is 0.796. The fourth-order valence-corrected chi connectivity index (χ4v) is 3.10. The molecule has 0 spiro atoms. The van der Waals surface area contributed by atoms with Crippen molar-refractivity contribution in [2.45, 2.75) is 19.4 Å². The van der Waals surface area contributed by atoms with Gasteiger partial charge in [-0.15, -0.1) is 0 Å². The molecule has 0 aromatic carbocycles. The molecule has 2 rings (SSSR count). The second-order valence-electron chi connectivity index (χ2n) is 4.69. The molecule has 0 radical (unpaired) electrons. The standard InChI is InChI=1S/C12H20IN5O/c1-2-9(7-14)17-3-5-18(6-4-17)11-10(13)12(19)16-8-15-11/h8-9H,2-7,14H2,1H3,(H,15,16,19). The molecule has 1 fully saturated rings. The van der Waals surface area contributed by atoms with E-state index in [1.807, 2.05) is 0 Å². The summed E-state index contributed by atoms with van der Waals surface area (Å²) in [6.45, 7) is 6.61. The van der Waals surface area contributed by atoms with E-state index in [1.54, 1.807) is 0 Å². The number of hydrogen-bond acceptors (Lipinski definition) is 5. The van der Waals surface area contributed by atoms with Crippen molar-refractivity contribution in [1.82, 2.24) is 14.9 Å². The van der Waals surface area contributed by atoms with Crippen LogP contribution in [0.2, 0.25) is 0 Å². The van der Waals surface area contributed by atoms with Crippen LogP contribution in [-0.4, -0.2) is 53.6 Å². The summed E-state index contributed by atoms with van der Waals surface area (Å²) in [5.41, 5.74) is 5.72. The first-order valence-corrected chi connectivity index (χ1v) is 7.67. The van der Waals surface area contributed by atoms with Crippen LogP contribution < -0.4 is 16.2 Å². The van der Waals surface area contributed by atoms with Gasteiger partial charge in [-0.2, -0.15) is 0 Å². The molecule has 0 saturated carbocycles. The Morgan fingerprint density at radius 1 is 1.47 bits per heavy atom. The molecule has 1 saturated heterocycles. The van der Waals surface area contributed by atoms with Crippen LogP contribution >= 0.6 is 22.6 Å². The topological polar surface area (TPSA) is 78.2 Å². The number of H-pyrrole nitrogens is 1. The molecule has 7 heteroatoms. The summed E-state index contributed by atoms with van der Waals surface area (Å²) in [6.07, 6.45) is 2.55. The van der Waals surface area contributed by atoms with Crippen molar-refractivity contribution in [1.29, 1.82) is 0 Å². The van der Waals surface area contributed by atoms with Gasteiger partial charge in [-0.1, -0.05) is 6.92 Å². The normalized spacial score (nSPS) is 18.6. The molecule has 106 valence electrons. The smallest absolute Gasteiger partial charge is 0.266 e. The summed E-state index contributed by atoms with van der Waals surface area (Å²) in [4.78, 5) is 23.1. The highest BCUT2D eigenvalue weighted by molar-refractivity contribution is 14.1. The van der Waals surface area contributed by atoms with Crippen LogP contribution in [0.3, 0.4) is 0 Å². The molecule has 1 aromatic rings. The number of aromatic amines is 1. The van der Waals surface area contributed by atoms with E-state index in [-0.39, 0.29) is 5.56 Å². The Bertz CT molecular complexity index is 465. The van der Waals surface area contributed by atoms with Crippen LogP contribution in [0.25, 0.3) is 0 Å². The molecular formula is C12H20IN5O. The van der Waals surface area contributed by atoms with Gasteiger partial charge < -0.3 is 15.6 Å². The largest absolute Gasteiger partial charge is 0.353 e. The summed E-state index contributed by atoms with van der Waals surface area (Å²) >= 11 is 2.06. The Labute approximate surface area is 126 Å². The number of anilines is 1. The number of nitrogens with two attached hydrogens (primary N) is 1. The van der Waals surface area contributed by atoms with E-state index in [4.69, 9.17) is 5.73 Å². The first-order chi connectivity index (χ1) is 9.17. The Balaban J connectivity index is 2.04. The number of rotatable bonds is 4. The van der Waals surface area contributed by atoms with Crippen LogP contribution in [0.15, 0.2) is 11.1 Å². The van der Waals surface area contributed by atoms with E-state index in [2.05, 4.69) is 49.3 Å². The molecule has 1 aromatic heterocycles. The molecule has 2 heterocycles. The lowest BCUT2D eigenvalue weighted by molar-refractivity contribution is 0.184. The Hall–Kier alpha value is -0.670. The Morgan fingerprint density at radius 2 is 2.16 bits per heavy atom. The second-order valence-corrected chi connectivity index (χ2v) is 5.77. The molecule has 1 aliphatic heterocycles. The quantitative estimate of drug-likeness (QED) is 0.735. The van der Waals surface area contributed by atoms with Crippen LogP contribution in [0.4, 0.5) is 5.82 Å². The molecule has 3 N–H and O–H groups in total. The van der Waals surface area contributed by atoms with Crippen molar-refractivity contribution < 1.29 is 0 Å². The van der Waals surface area contributed by atoms with Crippen molar-refractivity contribution in [2.24, 2.45) is 5.73 Å². The zero-order valence-corrected chi connectivity index (χ0v) is 13.3. The SMILES string of the molecule is CCC(CN)N1CCN(c2nc[nH]c(=O)c2I)CC1. The molecule has 0 amide bonds. The second kappa shape index (κ2) is 6.67. The predicted octanol–water partition coefficient (Wildman–Crippen LogP) is 0.234. The molecular weight excluding hydrogens is 357 g/mol. The van der Waals surface area contributed by atoms with Gasteiger partial charge in [0.25, 0.3) is 5.56 Å². The molecule has 19 heavy (non-hydrogen) atoms. The van der Waals surface area contributed by atoms with Gasteiger partial charge in [-0.25, -0.2) is 4.98 Å². The van der Waals surface area contributed by atoms with E-state index in [0.29, 0.717) is 16.2 Å². The zero-order chi connectivity index (χ0) is 13.8. The van der Waals surface area contributed by atoms with Crippen molar-refractivity contribution in [2.75, 3.05) is 37.6 Å². The molecule has 6 nitrogen and oxygen atoms in total. The first-order valence-electron chi connectivity index (χ1n) is 6.59. The predicted molar refractivity (Wildman–Crippen MR) is 84.5 cm³/mol. The first kappa shape index (κ1) is 14.7. The number of nitrogens with one attached hydrogen (secondary N) is 1. The number of piperazine rings is 1. The summed E-state index contributed by atoms with van der Waals surface area (Å²) in [5, 5.41) is 0. The van der Waals surface area contributed by atoms with Crippen LogP contribution in [0, 0.1) is 3.57 Å². The van der Waals surface area contributed by atoms with Crippen molar-refractivity contribution in [3.05, 3.63) is 20.3 Å². The molecule has 1 atom stereocenters. The van der Waals surface area contributed by atoms with E-state index < -0.39 is 0 Å². The fraction of sp³-hybridized carbons (Fsp3) is 0.667. The third-order valence-electron chi connectivity index (χ3n) is 3.65. The third kappa shape index (κ3) is 3.26. The fourth-order valence-electron chi connectivity index (χ4n) is 2.47. The number of halogens is 1. The minimum Gasteiger partial charge on any atom is -0.353 e. The van der Waals surface area contributed by atoms with Crippen molar-refractivity contribution >= 4 is 28.4 Å². The molecule has 0 aliphatic carbocycles. The van der Waals surface area contributed by atoms with E-state index in [1.165, 1.54) is 6.33 Å². The number of hydrogen-bond donors (Lipinski definition) is 2. The maximum atomic E-state index is 11.6. The molecule has 1 aliphatic rings. The van der Waals surface area contributed by atoms with Gasteiger partial charge in [-0.05, 0) is 29.0 Å². The average Bonchev–Trinajstić information content (AvgIpc) is 2.44. The summed E-state index contributed by atoms with van der Waals surface area (Å²) in [7, 11) is 0. The maximum Gasteiger partial charge on any atom is 0.266 e. The van der Waals surface area contributed by atoms with Gasteiger partial charge in [0.2, 0.25) is 0 Å². The van der Waals surface area contributed by atoms with Crippen LogP contribution in [0.1, 0.15) is 13.3 Å². The highest BCUT2D eigenvalue weighted by Crippen LogP contribution is 2.18. The van der Waals surface area contributed by atoms with Gasteiger partial charge in [0.1, 0.15) is 9.39 Å². The summed E-state index contributed by atoms with van der Waals surface area (Å²) < 4.78 is 0.666. The lowest BCUT2D eigenvalue weighted by Gasteiger charge is -2.39. The number of nitrogens with zero attached hydrogens (tertiary/aromatic N) is 3. The van der Waals surface area contributed by atoms with E-state index in [9.17, 15) is 4.79 Å². The molecule has 1 unspecified atom stereocenters. The van der Waals surface area contributed by atoms with Crippen molar-refractivity contribution in [3.63, 3.8) is 0 Å². The van der Waals surface area contributed by atoms with Crippen LogP contribution in [-0.2, 0) is 0 Å². The minimum absolute atomic E-state index is 0.0681. The summed E-state index contributed by atoms with van der Waals surface area (Å²) in [6, 6.07) is 0.466. The van der Waals surface area contributed by atoms with Gasteiger partial charge in [0.15, 0.2) is 0 Å². The maximum absolute atomic E-state index is 11.6. The van der Waals surface area contributed by atoms with Crippen LogP contribution in [0.5, 0.6) is 0 Å². The van der Waals surface area contributed by atoms with Gasteiger partial charge in [-0.3, -0.25) is 9.69 Å². The monoisotopic (exact) mass is 377 g/mol. The highest BCUT2D eigenvalue weighted by Gasteiger charge is 2.24. The molecule has 0 bridgehead atoms. The zero-order valence-electron chi connectivity index (χ0n) is 11.1. The number of aromatic nitrogens is 2. The van der Waals surface area contributed by atoms with Gasteiger partial charge >= 0.3 is 0 Å². The van der Waals surface area contributed by atoms with E-state index >= 15 is 0 Å². The lowest BCUT2D eigenvalue weighted by Crippen LogP contribution is -2.52. The lowest BCUT2D eigenvalue weighted by atomic mass is 10.1. The average molecular weight is 377 g/mol.